The first-order chi connectivity index (χ1) is 9.74. The molecule has 1 unspecified atom stereocenters. The first-order valence-electron chi connectivity index (χ1n) is 6.50. The molecule has 0 aliphatic heterocycles. The van der Waals surface area contributed by atoms with E-state index in [9.17, 15) is 18.0 Å². The summed E-state index contributed by atoms with van der Waals surface area (Å²) in [7, 11) is 1.71. The highest BCUT2D eigenvalue weighted by Gasteiger charge is 2.35. The highest BCUT2D eigenvalue weighted by Crippen LogP contribution is 2.37. The van der Waals surface area contributed by atoms with Crippen molar-refractivity contribution in [2.24, 2.45) is 11.7 Å². The van der Waals surface area contributed by atoms with Crippen molar-refractivity contribution >= 4 is 17.3 Å². The summed E-state index contributed by atoms with van der Waals surface area (Å²) in [5, 5.41) is 3.29. The number of halogens is 4. The van der Waals surface area contributed by atoms with Gasteiger partial charge in [-0.15, -0.1) is 0 Å². The van der Waals surface area contributed by atoms with E-state index in [0.717, 1.165) is 12.8 Å². The summed E-state index contributed by atoms with van der Waals surface area (Å²) in [6, 6.07) is 0.00201. The lowest BCUT2D eigenvalue weighted by atomic mass is 10.1. The van der Waals surface area contributed by atoms with Gasteiger partial charge in [-0.05, 0) is 18.8 Å². The number of rotatable bonds is 5. The zero-order valence-corrected chi connectivity index (χ0v) is 12.2. The second-order valence-electron chi connectivity index (χ2n) is 5.17. The summed E-state index contributed by atoms with van der Waals surface area (Å²) in [6.07, 6.45) is -1.26. The van der Waals surface area contributed by atoms with Crippen LogP contribution in [0.15, 0.2) is 11.0 Å². The summed E-state index contributed by atoms with van der Waals surface area (Å²) in [5.74, 6) is 0.425. The van der Waals surface area contributed by atoms with Crippen LogP contribution in [0.4, 0.5) is 18.9 Å². The van der Waals surface area contributed by atoms with Crippen LogP contribution in [-0.4, -0.2) is 35.6 Å². The molecule has 1 aromatic rings. The van der Waals surface area contributed by atoms with Gasteiger partial charge >= 0.3 is 6.18 Å². The number of alkyl halides is 3. The van der Waals surface area contributed by atoms with Crippen LogP contribution in [0.2, 0.25) is 5.02 Å². The molecule has 0 amide bonds. The standard InChI is InChI=1S/C12H16ClF3N4O/c1-19(8(4-17)7-2-3-7)9-5-18-20(6-12(14,15)16)11(21)10(9)13/h5,7-8H,2-4,6,17H2,1H3. The Morgan fingerprint density at radius 3 is 2.67 bits per heavy atom. The van der Waals surface area contributed by atoms with Gasteiger partial charge in [0, 0.05) is 19.6 Å². The largest absolute Gasteiger partial charge is 0.408 e. The van der Waals surface area contributed by atoms with E-state index >= 15 is 0 Å². The molecule has 1 aromatic heterocycles. The molecule has 2 rings (SSSR count). The molecule has 0 bridgehead atoms. The number of nitrogens with zero attached hydrogens (tertiary/aromatic N) is 3. The van der Waals surface area contributed by atoms with Gasteiger partial charge in [-0.3, -0.25) is 4.79 Å². The molecule has 0 spiro atoms. The Kier molecular flexibility index (Phi) is 4.48. The topological polar surface area (TPSA) is 64.2 Å². The Hall–Kier alpha value is -1.28. The Morgan fingerprint density at radius 2 is 2.19 bits per heavy atom. The number of hydrogen-bond donors (Lipinski definition) is 1. The maximum Gasteiger partial charge on any atom is 0.408 e. The van der Waals surface area contributed by atoms with Crippen LogP contribution >= 0.6 is 11.6 Å². The molecule has 1 atom stereocenters. The second kappa shape index (κ2) is 5.84. The van der Waals surface area contributed by atoms with Crippen molar-refractivity contribution < 1.29 is 13.2 Å². The smallest absolute Gasteiger partial charge is 0.367 e. The third kappa shape index (κ3) is 3.68. The van der Waals surface area contributed by atoms with Crippen molar-refractivity contribution in [2.75, 3.05) is 18.5 Å². The van der Waals surface area contributed by atoms with Gasteiger partial charge in [-0.1, -0.05) is 11.6 Å². The summed E-state index contributed by atoms with van der Waals surface area (Å²) < 4.78 is 37.3. The molecular formula is C12H16ClF3N4O. The Balaban J connectivity index is 2.29. The molecule has 1 fully saturated rings. The van der Waals surface area contributed by atoms with Crippen molar-refractivity contribution in [1.82, 2.24) is 9.78 Å². The van der Waals surface area contributed by atoms with Crippen molar-refractivity contribution in [2.45, 2.75) is 31.6 Å². The zero-order valence-electron chi connectivity index (χ0n) is 11.4. The Labute approximate surface area is 124 Å². The summed E-state index contributed by atoms with van der Waals surface area (Å²) in [6.45, 7) is -1.08. The number of anilines is 1. The van der Waals surface area contributed by atoms with Gasteiger partial charge in [-0.2, -0.15) is 18.3 Å². The average Bonchev–Trinajstić information content (AvgIpc) is 3.19. The number of hydrogen-bond acceptors (Lipinski definition) is 4. The van der Waals surface area contributed by atoms with Crippen molar-refractivity contribution in [3.8, 4) is 0 Å². The molecule has 5 nitrogen and oxygen atoms in total. The number of likely N-dealkylation sites (N-methyl/N-ethyl adjacent to an activating group) is 1. The SMILES string of the molecule is CN(c1cnn(CC(F)(F)F)c(=O)c1Cl)C(CN)C1CC1. The number of aromatic nitrogens is 2. The molecule has 0 aromatic carbocycles. The van der Waals surface area contributed by atoms with E-state index in [1.54, 1.807) is 11.9 Å². The third-order valence-electron chi connectivity index (χ3n) is 3.58. The minimum atomic E-state index is -4.53. The van der Waals surface area contributed by atoms with Crippen LogP contribution in [0.25, 0.3) is 0 Å². The molecule has 1 aliphatic rings. The van der Waals surface area contributed by atoms with Crippen LogP contribution in [0.1, 0.15) is 12.8 Å². The van der Waals surface area contributed by atoms with Crippen LogP contribution in [0.5, 0.6) is 0 Å². The fourth-order valence-electron chi connectivity index (χ4n) is 2.31. The lowest BCUT2D eigenvalue weighted by Gasteiger charge is -2.29. The molecule has 1 saturated carbocycles. The maximum absolute atomic E-state index is 12.3. The fraction of sp³-hybridized carbons (Fsp3) is 0.667. The van der Waals surface area contributed by atoms with Gasteiger partial charge in [0.05, 0.1) is 11.9 Å². The van der Waals surface area contributed by atoms with Gasteiger partial charge in [-0.25, -0.2) is 4.68 Å². The van der Waals surface area contributed by atoms with Crippen molar-refractivity contribution in [3.05, 3.63) is 21.6 Å². The normalized spacial score (nSPS) is 16.9. The summed E-state index contributed by atoms with van der Waals surface area (Å²) in [5.41, 5.74) is 5.07. The van der Waals surface area contributed by atoms with Crippen LogP contribution < -0.4 is 16.2 Å². The lowest BCUT2D eigenvalue weighted by Crippen LogP contribution is -2.41. The lowest BCUT2D eigenvalue weighted by molar-refractivity contribution is -0.143. The molecule has 118 valence electrons. The predicted molar refractivity (Wildman–Crippen MR) is 73.5 cm³/mol. The van der Waals surface area contributed by atoms with Gasteiger partial charge < -0.3 is 10.6 Å². The predicted octanol–water partition coefficient (Wildman–Crippen LogP) is 1.63. The zero-order chi connectivity index (χ0) is 15.8. The van der Waals surface area contributed by atoms with E-state index in [2.05, 4.69) is 5.10 Å². The Bertz CT molecular complexity index is 571. The van der Waals surface area contributed by atoms with E-state index in [0.29, 0.717) is 22.8 Å². The third-order valence-corrected chi connectivity index (χ3v) is 3.94. The van der Waals surface area contributed by atoms with Gasteiger partial charge in [0.2, 0.25) is 0 Å². The maximum atomic E-state index is 12.3. The average molecular weight is 325 g/mol. The van der Waals surface area contributed by atoms with E-state index in [1.165, 1.54) is 6.20 Å². The minimum Gasteiger partial charge on any atom is -0.367 e. The Morgan fingerprint density at radius 1 is 1.57 bits per heavy atom. The molecule has 1 heterocycles. The highest BCUT2D eigenvalue weighted by molar-refractivity contribution is 6.33. The summed E-state index contributed by atoms with van der Waals surface area (Å²) in [4.78, 5) is 13.6. The van der Waals surface area contributed by atoms with Crippen molar-refractivity contribution in [3.63, 3.8) is 0 Å². The quantitative estimate of drug-likeness (QED) is 0.894. The second-order valence-corrected chi connectivity index (χ2v) is 5.55. The molecule has 21 heavy (non-hydrogen) atoms. The molecule has 2 N–H and O–H groups in total. The highest BCUT2D eigenvalue weighted by atomic mass is 35.5. The van der Waals surface area contributed by atoms with E-state index < -0.39 is 18.3 Å². The summed E-state index contributed by atoms with van der Waals surface area (Å²) >= 11 is 5.93. The van der Waals surface area contributed by atoms with Gasteiger partial charge in [0.25, 0.3) is 5.56 Å². The first kappa shape index (κ1) is 16.1. The molecular weight excluding hydrogens is 309 g/mol. The van der Waals surface area contributed by atoms with Crippen LogP contribution in [0, 0.1) is 5.92 Å². The minimum absolute atomic E-state index is 0.00201. The van der Waals surface area contributed by atoms with E-state index in [1.807, 2.05) is 0 Å². The van der Waals surface area contributed by atoms with Gasteiger partial charge in [0.1, 0.15) is 11.6 Å². The monoisotopic (exact) mass is 324 g/mol. The number of nitrogens with two attached hydrogens (primary N) is 1. The molecule has 0 radical (unpaired) electrons. The molecule has 0 saturated heterocycles. The molecule has 9 heteroatoms. The van der Waals surface area contributed by atoms with Gasteiger partial charge in [0.15, 0.2) is 0 Å². The van der Waals surface area contributed by atoms with Crippen LogP contribution in [0.3, 0.4) is 0 Å². The van der Waals surface area contributed by atoms with Crippen LogP contribution in [-0.2, 0) is 6.54 Å². The van der Waals surface area contributed by atoms with Crippen molar-refractivity contribution in [1.29, 1.82) is 0 Å². The first-order valence-corrected chi connectivity index (χ1v) is 6.87. The van der Waals surface area contributed by atoms with E-state index in [4.69, 9.17) is 17.3 Å². The fourth-order valence-corrected chi connectivity index (χ4v) is 2.59. The van der Waals surface area contributed by atoms with E-state index in [-0.39, 0.29) is 11.1 Å². The molecule has 1 aliphatic carbocycles.